The van der Waals surface area contributed by atoms with Crippen molar-refractivity contribution in [3.8, 4) is 12.3 Å². The highest BCUT2D eigenvalue weighted by atomic mass is 16.4. The molecule has 5 nitrogen and oxygen atoms in total. The number of amides is 2. The first-order valence-corrected chi connectivity index (χ1v) is 6.77. The van der Waals surface area contributed by atoms with Crippen LogP contribution in [0.4, 0.5) is 4.79 Å². The largest absolute Gasteiger partial charge is 0.481 e. The molecule has 0 radical (unpaired) electrons. The van der Waals surface area contributed by atoms with Gasteiger partial charge < -0.3 is 15.3 Å². The van der Waals surface area contributed by atoms with E-state index in [0.29, 0.717) is 18.9 Å². The Kier molecular flexibility index (Phi) is 6.20. The van der Waals surface area contributed by atoms with E-state index in [1.807, 2.05) is 6.92 Å². The number of hydrogen-bond acceptors (Lipinski definition) is 2. The molecule has 0 bridgehead atoms. The van der Waals surface area contributed by atoms with Gasteiger partial charge in [0.2, 0.25) is 0 Å². The monoisotopic (exact) mass is 266 g/mol. The molecule has 0 aromatic rings. The summed E-state index contributed by atoms with van der Waals surface area (Å²) in [5.41, 5.74) is 0. The van der Waals surface area contributed by atoms with Gasteiger partial charge in [0.15, 0.2) is 0 Å². The smallest absolute Gasteiger partial charge is 0.318 e. The van der Waals surface area contributed by atoms with E-state index in [2.05, 4.69) is 11.2 Å². The molecule has 1 saturated carbocycles. The SMILES string of the molecule is C#CCN(CC1CC1)C(=O)NCC(CCC)C(=O)O. The minimum absolute atomic E-state index is 0.160. The van der Waals surface area contributed by atoms with Crippen molar-refractivity contribution in [2.75, 3.05) is 19.6 Å². The number of nitrogens with one attached hydrogen (secondary N) is 1. The molecule has 2 N–H and O–H groups in total. The molecule has 5 heteroatoms. The molecule has 0 aromatic carbocycles. The van der Waals surface area contributed by atoms with E-state index in [1.165, 1.54) is 0 Å². The fourth-order valence-electron chi connectivity index (χ4n) is 1.93. The number of carbonyl (C=O) groups is 2. The average Bonchev–Trinajstić information content (AvgIpc) is 3.17. The van der Waals surface area contributed by atoms with Crippen LogP contribution < -0.4 is 5.32 Å². The zero-order valence-electron chi connectivity index (χ0n) is 11.4. The lowest BCUT2D eigenvalue weighted by Crippen LogP contribution is -2.44. The molecule has 0 aliphatic heterocycles. The van der Waals surface area contributed by atoms with Crippen LogP contribution in [0.2, 0.25) is 0 Å². The summed E-state index contributed by atoms with van der Waals surface area (Å²) in [4.78, 5) is 24.5. The Morgan fingerprint density at radius 2 is 2.21 bits per heavy atom. The summed E-state index contributed by atoms with van der Waals surface area (Å²) in [7, 11) is 0. The second-order valence-electron chi connectivity index (χ2n) is 5.04. The van der Waals surface area contributed by atoms with Gasteiger partial charge in [0.05, 0.1) is 12.5 Å². The predicted molar refractivity (Wildman–Crippen MR) is 72.6 cm³/mol. The van der Waals surface area contributed by atoms with Crippen LogP contribution in [-0.4, -0.2) is 41.6 Å². The number of terminal acetylenes is 1. The predicted octanol–water partition coefficient (Wildman–Crippen LogP) is 1.54. The Morgan fingerprint density at radius 1 is 1.53 bits per heavy atom. The standard InChI is InChI=1S/C14H22N2O3/c1-3-5-12(13(17)18)9-15-14(19)16(8-4-2)10-11-6-7-11/h2,11-12H,3,5-10H2,1H3,(H,15,19)(H,17,18). The minimum atomic E-state index is -0.868. The number of carbonyl (C=O) groups excluding carboxylic acids is 1. The van der Waals surface area contributed by atoms with Crippen LogP contribution in [0.15, 0.2) is 0 Å². The first-order valence-electron chi connectivity index (χ1n) is 6.77. The fraction of sp³-hybridized carbons (Fsp3) is 0.714. The number of rotatable bonds is 8. The summed E-state index contributed by atoms with van der Waals surface area (Å²) in [5.74, 6) is 1.63. The number of aliphatic carboxylic acids is 1. The van der Waals surface area contributed by atoms with E-state index >= 15 is 0 Å². The summed E-state index contributed by atoms with van der Waals surface area (Å²) < 4.78 is 0. The summed E-state index contributed by atoms with van der Waals surface area (Å²) >= 11 is 0. The molecule has 0 spiro atoms. The molecule has 19 heavy (non-hydrogen) atoms. The summed E-state index contributed by atoms with van der Waals surface area (Å²) in [6.45, 7) is 3.03. The highest BCUT2D eigenvalue weighted by Crippen LogP contribution is 2.29. The van der Waals surface area contributed by atoms with Crippen LogP contribution in [0.5, 0.6) is 0 Å². The van der Waals surface area contributed by atoms with Gasteiger partial charge in [-0.1, -0.05) is 19.3 Å². The average molecular weight is 266 g/mol. The number of nitrogens with zero attached hydrogens (tertiary/aromatic N) is 1. The highest BCUT2D eigenvalue weighted by molar-refractivity contribution is 5.76. The Bertz CT molecular complexity index is 358. The molecular formula is C14H22N2O3. The van der Waals surface area contributed by atoms with Gasteiger partial charge in [-0.3, -0.25) is 4.79 Å². The second-order valence-corrected chi connectivity index (χ2v) is 5.04. The molecule has 1 aliphatic rings. The number of urea groups is 1. The first-order chi connectivity index (χ1) is 9.08. The Labute approximate surface area is 114 Å². The topological polar surface area (TPSA) is 69.6 Å². The van der Waals surface area contributed by atoms with Gasteiger partial charge in [-0.2, -0.15) is 0 Å². The van der Waals surface area contributed by atoms with E-state index in [4.69, 9.17) is 11.5 Å². The summed E-state index contributed by atoms with van der Waals surface area (Å²) in [6.07, 6.45) is 8.87. The number of carboxylic acid groups (broad SMARTS) is 1. The van der Waals surface area contributed by atoms with Gasteiger partial charge in [-0.05, 0) is 25.2 Å². The third-order valence-corrected chi connectivity index (χ3v) is 3.23. The molecule has 0 heterocycles. The molecule has 1 aliphatic carbocycles. The van der Waals surface area contributed by atoms with Crippen LogP contribution >= 0.6 is 0 Å². The van der Waals surface area contributed by atoms with Gasteiger partial charge in [-0.15, -0.1) is 6.42 Å². The van der Waals surface area contributed by atoms with Gasteiger partial charge in [0.1, 0.15) is 0 Å². The van der Waals surface area contributed by atoms with Crippen molar-refractivity contribution in [3.05, 3.63) is 0 Å². The third-order valence-electron chi connectivity index (χ3n) is 3.23. The van der Waals surface area contributed by atoms with Crippen LogP contribution in [0.1, 0.15) is 32.6 Å². The van der Waals surface area contributed by atoms with Crippen LogP contribution in [0.3, 0.4) is 0 Å². The third kappa shape index (κ3) is 5.64. The van der Waals surface area contributed by atoms with Crippen molar-refractivity contribution >= 4 is 12.0 Å². The fourth-order valence-corrected chi connectivity index (χ4v) is 1.93. The molecule has 2 amide bonds. The molecule has 1 fully saturated rings. The van der Waals surface area contributed by atoms with Gasteiger partial charge >= 0.3 is 12.0 Å². The van der Waals surface area contributed by atoms with E-state index in [9.17, 15) is 9.59 Å². The van der Waals surface area contributed by atoms with Crippen LogP contribution in [0, 0.1) is 24.2 Å². The Morgan fingerprint density at radius 3 is 2.68 bits per heavy atom. The Balaban J connectivity index is 2.41. The molecular weight excluding hydrogens is 244 g/mol. The van der Waals surface area contributed by atoms with Gasteiger partial charge in [0.25, 0.3) is 0 Å². The Hall–Kier alpha value is -1.70. The van der Waals surface area contributed by atoms with Crippen LogP contribution in [0.25, 0.3) is 0 Å². The first kappa shape index (κ1) is 15.4. The summed E-state index contributed by atoms with van der Waals surface area (Å²) in [5, 5.41) is 11.7. The van der Waals surface area contributed by atoms with Crippen molar-refractivity contribution in [3.63, 3.8) is 0 Å². The molecule has 106 valence electrons. The molecule has 0 aromatic heterocycles. The van der Waals surface area contributed by atoms with Crippen LogP contribution in [-0.2, 0) is 4.79 Å². The quantitative estimate of drug-likeness (QED) is 0.655. The maximum absolute atomic E-state index is 12.0. The molecule has 1 atom stereocenters. The van der Waals surface area contributed by atoms with Crippen molar-refractivity contribution in [1.82, 2.24) is 10.2 Å². The highest BCUT2D eigenvalue weighted by Gasteiger charge is 2.27. The maximum atomic E-state index is 12.0. The van der Waals surface area contributed by atoms with Crippen molar-refractivity contribution < 1.29 is 14.7 Å². The molecule has 0 saturated heterocycles. The van der Waals surface area contributed by atoms with Crippen molar-refractivity contribution in [1.29, 1.82) is 0 Å². The van der Waals surface area contributed by atoms with E-state index in [-0.39, 0.29) is 19.1 Å². The van der Waals surface area contributed by atoms with Crippen molar-refractivity contribution in [2.24, 2.45) is 11.8 Å². The number of carboxylic acids is 1. The lowest BCUT2D eigenvalue weighted by Gasteiger charge is -2.22. The molecule has 1 rings (SSSR count). The van der Waals surface area contributed by atoms with E-state index in [0.717, 1.165) is 19.3 Å². The van der Waals surface area contributed by atoms with Crippen molar-refractivity contribution in [2.45, 2.75) is 32.6 Å². The second kappa shape index (κ2) is 7.67. The maximum Gasteiger partial charge on any atom is 0.318 e. The minimum Gasteiger partial charge on any atom is -0.481 e. The number of hydrogen-bond donors (Lipinski definition) is 2. The van der Waals surface area contributed by atoms with E-state index < -0.39 is 11.9 Å². The molecule has 1 unspecified atom stereocenters. The van der Waals surface area contributed by atoms with E-state index in [1.54, 1.807) is 4.90 Å². The lowest BCUT2D eigenvalue weighted by atomic mass is 10.0. The van der Waals surface area contributed by atoms with Gasteiger partial charge in [0, 0.05) is 13.1 Å². The zero-order chi connectivity index (χ0) is 14.3. The zero-order valence-corrected chi connectivity index (χ0v) is 11.4. The normalized spacial score (nSPS) is 15.4. The summed E-state index contributed by atoms with van der Waals surface area (Å²) in [6, 6.07) is -0.257. The van der Waals surface area contributed by atoms with Gasteiger partial charge in [-0.25, -0.2) is 4.79 Å². The lowest BCUT2D eigenvalue weighted by molar-refractivity contribution is -0.141.